The Balaban J connectivity index is 1.67. The van der Waals surface area contributed by atoms with Crippen LogP contribution in [0.3, 0.4) is 0 Å². The summed E-state index contributed by atoms with van der Waals surface area (Å²) in [5.41, 5.74) is -0.362. The Bertz CT molecular complexity index is 792. The summed E-state index contributed by atoms with van der Waals surface area (Å²) < 4.78 is 39.8. The van der Waals surface area contributed by atoms with Gasteiger partial charge in [0, 0.05) is 38.6 Å². The summed E-state index contributed by atoms with van der Waals surface area (Å²) in [6.07, 6.45) is 2.64. The molecule has 0 radical (unpaired) electrons. The molecule has 9 heteroatoms. The Morgan fingerprint density at radius 2 is 1.73 bits per heavy atom. The molecule has 1 saturated heterocycles. The molecule has 138 valence electrons. The monoisotopic (exact) mass is 365 g/mol. The predicted octanol–water partition coefficient (Wildman–Crippen LogP) is 2.29. The van der Waals surface area contributed by atoms with Gasteiger partial charge in [-0.25, -0.2) is 23.1 Å². The number of carbonyl (C=O) groups excluding carboxylic acids is 1. The minimum Gasteiger partial charge on any atom is -0.338 e. The third-order valence-corrected chi connectivity index (χ3v) is 4.29. The second-order valence-corrected chi connectivity index (χ2v) is 5.87. The molecule has 1 aliphatic rings. The lowest BCUT2D eigenvalue weighted by molar-refractivity contribution is 0.102. The van der Waals surface area contributed by atoms with E-state index in [1.807, 2.05) is 4.90 Å². The number of amides is 1. The fourth-order valence-electron chi connectivity index (χ4n) is 2.68. The van der Waals surface area contributed by atoms with Crippen molar-refractivity contribution < 1.29 is 18.0 Å². The highest BCUT2D eigenvalue weighted by molar-refractivity contribution is 6.03. The maximum absolute atomic E-state index is 13.6. The van der Waals surface area contributed by atoms with Gasteiger partial charge < -0.3 is 15.1 Å². The lowest BCUT2D eigenvalue weighted by Gasteiger charge is -2.33. The highest BCUT2D eigenvalue weighted by atomic mass is 19.2. The largest absolute Gasteiger partial charge is 0.338 e. The van der Waals surface area contributed by atoms with Crippen molar-refractivity contribution in [1.82, 2.24) is 14.9 Å². The number of aromatic nitrogens is 2. The van der Waals surface area contributed by atoms with Crippen LogP contribution in [0.2, 0.25) is 0 Å². The molecule has 1 N–H and O–H groups in total. The lowest BCUT2D eigenvalue weighted by atomic mass is 10.2. The van der Waals surface area contributed by atoms with Gasteiger partial charge in [0.25, 0.3) is 5.91 Å². The minimum absolute atomic E-state index is 0.0880. The smallest absolute Gasteiger partial charge is 0.258 e. The van der Waals surface area contributed by atoms with Crippen LogP contribution in [0.4, 0.5) is 24.8 Å². The molecule has 1 aliphatic heterocycles. The van der Waals surface area contributed by atoms with Gasteiger partial charge in [-0.3, -0.25) is 4.79 Å². The second kappa shape index (κ2) is 7.69. The van der Waals surface area contributed by atoms with E-state index in [1.165, 1.54) is 12.4 Å². The van der Waals surface area contributed by atoms with Gasteiger partial charge in [-0.1, -0.05) is 6.92 Å². The predicted molar refractivity (Wildman–Crippen MR) is 90.6 cm³/mol. The van der Waals surface area contributed by atoms with Gasteiger partial charge in [0.15, 0.2) is 17.5 Å². The van der Waals surface area contributed by atoms with Crippen molar-refractivity contribution in [3.63, 3.8) is 0 Å². The quantitative estimate of drug-likeness (QED) is 0.843. The number of carbonyl (C=O) groups is 1. The van der Waals surface area contributed by atoms with E-state index in [0.29, 0.717) is 5.95 Å². The van der Waals surface area contributed by atoms with E-state index >= 15 is 0 Å². The molecule has 2 aromatic rings. The third-order valence-electron chi connectivity index (χ3n) is 4.29. The molecule has 1 aromatic carbocycles. The highest BCUT2D eigenvalue weighted by Crippen LogP contribution is 2.20. The fraction of sp³-hybridized carbons (Fsp3) is 0.353. The maximum Gasteiger partial charge on any atom is 0.258 e. The van der Waals surface area contributed by atoms with E-state index in [-0.39, 0.29) is 5.56 Å². The molecule has 1 fully saturated rings. The molecule has 0 bridgehead atoms. The summed E-state index contributed by atoms with van der Waals surface area (Å²) in [4.78, 5) is 24.8. The van der Waals surface area contributed by atoms with E-state index in [4.69, 9.17) is 0 Å². The minimum atomic E-state index is -1.64. The Labute approximate surface area is 148 Å². The van der Waals surface area contributed by atoms with Crippen LogP contribution in [-0.2, 0) is 0 Å². The van der Waals surface area contributed by atoms with Crippen LogP contribution < -0.4 is 10.2 Å². The zero-order valence-corrected chi connectivity index (χ0v) is 14.2. The van der Waals surface area contributed by atoms with Crippen LogP contribution in [0.25, 0.3) is 0 Å². The van der Waals surface area contributed by atoms with E-state index in [2.05, 4.69) is 27.1 Å². The van der Waals surface area contributed by atoms with Gasteiger partial charge >= 0.3 is 0 Å². The van der Waals surface area contributed by atoms with E-state index in [0.717, 1.165) is 44.9 Å². The van der Waals surface area contributed by atoms with Crippen molar-refractivity contribution in [3.05, 3.63) is 47.5 Å². The summed E-state index contributed by atoms with van der Waals surface area (Å²) in [6.45, 7) is 6.51. The van der Waals surface area contributed by atoms with Crippen LogP contribution in [-0.4, -0.2) is 53.5 Å². The van der Waals surface area contributed by atoms with Gasteiger partial charge in [-0.15, -0.1) is 0 Å². The fourth-order valence-corrected chi connectivity index (χ4v) is 2.68. The van der Waals surface area contributed by atoms with Crippen molar-refractivity contribution in [2.75, 3.05) is 42.9 Å². The first-order chi connectivity index (χ1) is 12.5. The number of benzene rings is 1. The average molecular weight is 365 g/mol. The zero-order valence-electron chi connectivity index (χ0n) is 14.2. The molecule has 0 atom stereocenters. The Morgan fingerprint density at radius 3 is 2.35 bits per heavy atom. The molecule has 6 nitrogen and oxygen atoms in total. The first-order valence-electron chi connectivity index (χ1n) is 8.23. The molecule has 0 saturated carbocycles. The van der Waals surface area contributed by atoms with Crippen LogP contribution in [0.1, 0.15) is 17.3 Å². The molecule has 1 aromatic heterocycles. The number of piperazine rings is 1. The van der Waals surface area contributed by atoms with Crippen molar-refractivity contribution in [1.29, 1.82) is 0 Å². The molecular formula is C17H18F3N5O. The molecule has 0 spiro atoms. The first kappa shape index (κ1) is 18.1. The zero-order chi connectivity index (χ0) is 18.7. The molecule has 1 amide bonds. The Hall–Kier alpha value is -2.68. The summed E-state index contributed by atoms with van der Waals surface area (Å²) >= 11 is 0. The molecule has 3 rings (SSSR count). The van der Waals surface area contributed by atoms with Gasteiger partial charge in [0.1, 0.15) is 0 Å². The molecular weight excluding hydrogens is 347 g/mol. The topological polar surface area (TPSA) is 61.4 Å². The molecule has 0 unspecified atom stereocenters. The number of anilines is 2. The van der Waals surface area contributed by atoms with Crippen molar-refractivity contribution in [3.8, 4) is 0 Å². The number of nitrogens with zero attached hydrogens (tertiary/aromatic N) is 4. The van der Waals surface area contributed by atoms with Gasteiger partial charge in [0.2, 0.25) is 5.95 Å². The van der Waals surface area contributed by atoms with Crippen molar-refractivity contribution in [2.24, 2.45) is 0 Å². The third kappa shape index (κ3) is 3.77. The van der Waals surface area contributed by atoms with Crippen LogP contribution in [0.15, 0.2) is 24.5 Å². The van der Waals surface area contributed by atoms with E-state index < -0.39 is 29.0 Å². The lowest BCUT2D eigenvalue weighted by Crippen LogP contribution is -2.46. The van der Waals surface area contributed by atoms with Crippen molar-refractivity contribution in [2.45, 2.75) is 6.92 Å². The van der Waals surface area contributed by atoms with Crippen molar-refractivity contribution >= 4 is 17.5 Å². The summed E-state index contributed by atoms with van der Waals surface area (Å²) in [6, 6.07) is 1.69. The first-order valence-corrected chi connectivity index (χ1v) is 8.23. The molecule has 26 heavy (non-hydrogen) atoms. The van der Waals surface area contributed by atoms with Crippen LogP contribution in [0.5, 0.6) is 0 Å². The highest BCUT2D eigenvalue weighted by Gasteiger charge is 2.19. The summed E-state index contributed by atoms with van der Waals surface area (Å²) in [7, 11) is 0. The van der Waals surface area contributed by atoms with Gasteiger partial charge in [0.05, 0.1) is 11.3 Å². The van der Waals surface area contributed by atoms with Gasteiger partial charge in [-0.2, -0.15) is 0 Å². The SMILES string of the molecule is CCN1CCN(c2ncc(C(=O)Nc3ccc(F)c(F)c3F)cn2)CC1. The number of rotatable bonds is 4. The number of likely N-dealkylation sites (N-methyl/N-ethyl adjacent to an activating group) is 1. The number of halogens is 3. The molecule has 0 aliphatic carbocycles. The molecule has 2 heterocycles. The van der Waals surface area contributed by atoms with Crippen LogP contribution in [0, 0.1) is 17.5 Å². The number of hydrogen-bond acceptors (Lipinski definition) is 5. The van der Waals surface area contributed by atoms with E-state index in [9.17, 15) is 18.0 Å². The number of hydrogen-bond donors (Lipinski definition) is 1. The maximum atomic E-state index is 13.6. The van der Waals surface area contributed by atoms with Crippen LogP contribution >= 0.6 is 0 Å². The normalized spacial score (nSPS) is 15.2. The average Bonchev–Trinajstić information content (AvgIpc) is 2.68. The number of nitrogens with one attached hydrogen (secondary N) is 1. The summed E-state index contributed by atoms with van der Waals surface area (Å²) in [5, 5.41) is 2.19. The standard InChI is InChI=1S/C17H18F3N5O/c1-2-24-5-7-25(8-6-24)17-21-9-11(10-22-17)16(26)23-13-4-3-12(18)14(19)15(13)20/h3-4,9-10H,2,5-8H2,1H3,(H,23,26). The van der Waals surface area contributed by atoms with Gasteiger partial charge in [-0.05, 0) is 18.7 Å². The summed E-state index contributed by atoms with van der Waals surface area (Å²) in [5.74, 6) is -4.62. The second-order valence-electron chi connectivity index (χ2n) is 5.87. The Kier molecular flexibility index (Phi) is 5.36. The van der Waals surface area contributed by atoms with E-state index in [1.54, 1.807) is 0 Å². The Morgan fingerprint density at radius 1 is 1.08 bits per heavy atom.